The molecule has 6 heteroatoms. The minimum absolute atomic E-state index is 0.0914. The maximum absolute atomic E-state index is 13.0. The number of hydrogen-bond acceptors (Lipinski definition) is 4. The Morgan fingerprint density at radius 1 is 1.13 bits per heavy atom. The molecule has 2 aromatic rings. The van der Waals surface area contributed by atoms with Crippen LogP contribution in [-0.2, 0) is 6.54 Å². The van der Waals surface area contributed by atoms with Crippen LogP contribution in [0.5, 0.6) is 0 Å². The summed E-state index contributed by atoms with van der Waals surface area (Å²) in [4.78, 5) is 19.3. The maximum Gasteiger partial charge on any atom is 0.253 e. The molecule has 0 radical (unpaired) electrons. The van der Waals surface area contributed by atoms with Crippen LogP contribution in [0.4, 0.5) is 5.82 Å². The van der Waals surface area contributed by atoms with Gasteiger partial charge in [0.15, 0.2) is 0 Å². The van der Waals surface area contributed by atoms with Gasteiger partial charge in [-0.2, -0.15) is 0 Å². The van der Waals surface area contributed by atoms with Crippen LogP contribution in [0.25, 0.3) is 0 Å². The highest BCUT2D eigenvalue weighted by Gasteiger charge is 2.28. The molecule has 3 N–H and O–H groups in total. The zero-order valence-corrected chi connectivity index (χ0v) is 18.9. The van der Waals surface area contributed by atoms with Gasteiger partial charge < -0.3 is 20.6 Å². The van der Waals surface area contributed by atoms with Gasteiger partial charge in [-0.25, -0.2) is 0 Å². The number of aryl methyl sites for hydroxylation is 2. The number of nitrogen functional groups attached to an aromatic ring is 1. The van der Waals surface area contributed by atoms with Crippen LogP contribution in [0.3, 0.4) is 0 Å². The van der Waals surface area contributed by atoms with Crippen molar-refractivity contribution in [3.63, 3.8) is 0 Å². The fourth-order valence-corrected chi connectivity index (χ4v) is 5.43. The lowest BCUT2D eigenvalue weighted by Crippen LogP contribution is -2.38. The normalized spacial score (nSPS) is 18.3. The minimum Gasteiger partial charge on any atom is -0.385 e. The number of piperidine rings is 1. The van der Waals surface area contributed by atoms with Crippen LogP contribution in [0.1, 0.15) is 83.7 Å². The summed E-state index contributed by atoms with van der Waals surface area (Å²) >= 11 is 0. The second kappa shape index (κ2) is 9.25. The van der Waals surface area contributed by atoms with Gasteiger partial charge in [0.2, 0.25) is 0 Å². The minimum atomic E-state index is 0.0914. The summed E-state index contributed by atoms with van der Waals surface area (Å²) in [5.41, 5.74) is 11.0. The van der Waals surface area contributed by atoms with Gasteiger partial charge in [-0.1, -0.05) is 19.3 Å². The predicted octanol–water partition coefficient (Wildman–Crippen LogP) is 4.68. The van der Waals surface area contributed by atoms with Crippen molar-refractivity contribution in [3.05, 3.63) is 46.4 Å². The molecule has 1 amide bonds. The molecule has 0 unspecified atom stereocenters. The van der Waals surface area contributed by atoms with E-state index in [0.717, 1.165) is 60.8 Å². The van der Waals surface area contributed by atoms with E-state index in [1.807, 2.05) is 30.9 Å². The molecule has 6 nitrogen and oxygen atoms in total. The summed E-state index contributed by atoms with van der Waals surface area (Å²) in [7, 11) is 0. The van der Waals surface area contributed by atoms with Crippen molar-refractivity contribution in [3.8, 4) is 0 Å². The van der Waals surface area contributed by atoms with Crippen molar-refractivity contribution in [1.29, 1.82) is 5.41 Å². The number of aromatic nitrogens is 2. The predicted molar refractivity (Wildman–Crippen MR) is 125 cm³/mol. The van der Waals surface area contributed by atoms with Crippen LogP contribution in [0, 0.1) is 25.2 Å². The fraction of sp³-hybridized carbons (Fsp3) is 0.560. The molecule has 2 aliphatic rings. The summed E-state index contributed by atoms with van der Waals surface area (Å²) < 4.78 is 2.19. The lowest BCUT2D eigenvalue weighted by molar-refractivity contribution is 0.0712. The van der Waals surface area contributed by atoms with Crippen molar-refractivity contribution >= 4 is 17.9 Å². The first-order valence-corrected chi connectivity index (χ1v) is 11.7. The lowest BCUT2D eigenvalue weighted by atomic mass is 9.88. The highest BCUT2D eigenvalue weighted by molar-refractivity contribution is 5.94. The molecular weight excluding hydrogens is 386 g/mol. The monoisotopic (exact) mass is 421 g/mol. The Morgan fingerprint density at radius 2 is 1.77 bits per heavy atom. The molecular formula is C25H35N5O. The number of carbonyl (C=O) groups excluding carboxylic acids is 1. The number of anilines is 1. The van der Waals surface area contributed by atoms with E-state index in [1.165, 1.54) is 43.9 Å². The van der Waals surface area contributed by atoms with Gasteiger partial charge in [0.05, 0.1) is 0 Å². The second-order valence-corrected chi connectivity index (χ2v) is 9.39. The molecule has 4 rings (SSSR count). The number of nitrogens with zero attached hydrogens (tertiary/aromatic N) is 3. The third-order valence-corrected chi connectivity index (χ3v) is 7.07. The maximum atomic E-state index is 13.0. The molecule has 31 heavy (non-hydrogen) atoms. The molecule has 0 spiro atoms. The summed E-state index contributed by atoms with van der Waals surface area (Å²) in [5, 5.41) is 7.95. The topological polar surface area (TPSA) is 88.0 Å². The first kappa shape index (κ1) is 21.6. The summed E-state index contributed by atoms with van der Waals surface area (Å²) in [6.07, 6.45) is 12.0. The Kier molecular flexibility index (Phi) is 6.44. The van der Waals surface area contributed by atoms with E-state index in [1.54, 1.807) is 0 Å². The van der Waals surface area contributed by atoms with E-state index < -0.39 is 0 Å². The average molecular weight is 422 g/mol. The van der Waals surface area contributed by atoms with Crippen molar-refractivity contribution in [2.45, 2.75) is 71.3 Å². The molecule has 0 bridgehead atoms. The van der Waals surface area contributed by atoms with Crippen molar-refractivity contribution in [2.75, 3.05) is 18.8 Å². The molecule has 1 aliphatic heterocycles. The first-order chi connectivity index (χ1) is 15.0. The molecule has 2 aromatic heterocycles. The largest absolute Gasteiger partial charge is 0.385 e. The van der Waals surface area contributed by atoms with Crippen molar-refractivity contribution < 1.29 is 4.79 Å². The van der Waals surface area contributed by atoms with Crippen molar-refractivity contribution in [2.24, 2.45) is 5.92 Å². The SMILES string of the molecule is Cc1cc(C(=O)N2CCC(c3cn(CC4CCCCC4)c(N)c3C=N)CC2)cc(C)n1. The first-order valence-electron chi connectivity index (χ1n) is 11.7. The van der Waals surface area contributed by atoms with Crippen LogP contribution >= 0.6 is 0 Å². The molecule has 1 saturated carbocycles. The Labute approximate surface area is 185 Å². The molecule has 166 valence electrons. The number of pyridine rings is 1. The lowest BCUT2D eigenvalue weighted by Gasteiger charge is -2.32. The number of hydrogen-bond donors (Lipinski definition) is 2. The zero-order valence-electron chi connectivity index (χ0n) is 18.9. The van der Waals surface area contributed by atoms with Gasteiger partial charge in [0.25, 0.3) is 5.91 Å². The van der Waals surface area contributed by atoms with Crippen LogP contribution in [0.2, 0.25) is 0 Å². The van der Waals surface area contributed by atoms with E-state index in [0.29, 0.717) is 11.8 Å². The molecule has 2 fully saturated rings. The summed E-state index contributed by atoms with van der Waals surface area (Å²) in [6, 6.07) is 3.75. The summed E-state index contributed by atoms with van der Waals surface area (Å²) in [6.45, 7) is 6.28. The Morgan fingerprint density at radius 3 is 2.39 bits per heavy atom. The molecule has 1 aliphatic carbocycles. The number of rotatable bonds is 5. The van der Waals surface area contributed by atoms with E-state index >= 15 is 0 Å². The van der Waals surface area contributed by atoms with Gasteiger partial charge in [-0.15, -0.1) is 0 Å². The Balaban J connectivity index is 1.45. The van der Waals surface area contributed by atoms with Crippen LogP contribution in [-0.4, -0.2) is 39.7 Å². The molecule has 0 aromatic carbocycles. The van der Waals surface area contributed by atoms with E-state index in [-0.39, 0.29) is 5.91 Å². The zero-order chi connectivity index (χ0) is 22.0. The van der Waals surface area contributed by atoms with E-state index in [9.17, 15) is 4.79 Å². The highest BCUT2D eigenvalue weighted by Crippen LogP contribution is 2.35. The number of amides is 1. The molecule has 0 atom stereocenters. The van der Waals surface area contributed by atoms with E-state index in [4.69, 9.17) is 11.1 Å². The third-order valence-electron chi connectivity index (χ3n) is 7.07. The second-order valence-electron chi connectivity index (χ2n) is 9.39. The van der Waals surface area contributed by atoms with Gasteiger partial charge in [-0.3, -0.25) is 9.78 Å². The number of nitrogens with two attached hydrogens (primary N) is 1. The van der Waals surface area contributed by atoms with Gasteiger partial charge in [-0.05, 0) is 69.1 Å². The van der Waals surface area contributed by atoms with Gasteiger partial charge in [0, 0.05) is 54.6 Å². The standard InChI is InChI=1S/C25H35N5O/c1-17-12-21(13-18(2)28-17)25(31)29-10-8-20(9-11-29)23-16-30(24(27)22(23)14-26)15-19-6-4-3-5-7-19/h12-14,16,19-20,26H,3-11,15,27H2,1-2H3. The quantitative estimate of drug-likeness (QED) is 0.687. The third kappa shape index (κ3) is 4.68. The van der Waals surface area contributed by atoms with Crippen LogP contribution < -0.4 is 5.73 Å². The van der Waals surface area contributed by atoms with Gasteiger partial charge in [0.1, 0.15) is 5.82 Å². The fourth-order valence-electron chi connectivity index (χ4n) is 5.43. The average Bonchev–Trinajstić information content (AvgIpc) is 3.08. The van der Waals surface area contributed by atoms with Crippen molar-refractivity contribution in [1.82, 2.24) is 14.5 Å². The number of nitrogens with one attached hydrogen (secondary N) is 1. The Hall–Kier alpha value is -2.63. The molecule has 3 heterocycles. The smallest absolute Gasteiger partial charge is 0.253 e. The van der Waals surface area contributed by atoms with E-state index in [2.05, 4.69) is 15.7 Å². The van der Waals surface area contributed by atoms with Crippen LogP contribution in [0.15, 0.2) is 18.3 Å². The molecule has 1 saturated heterocycles. The number of carbonyl (C=O) groups is 1. The Bertz CT molecular complexity index is 929. The summed E-state index contributed by atoms with van der Waals surface area (Å²) in [5.74, 6) is 1.86. The highest BCUT2D eigenvalue weighted by atomic mass is 16.2. The number of likely N-dealkylation sites (tertiary alicyclic amines) is 1. The van der Waals surface area contributed by atoms with Gasteiger partial charge >= 0.3 is 0 Å².